The standard InChI is InChI=1S/C20H29N3O4/c1-4-27-20(26)22-13-10-18(11-14-22)23(16(2)24)15-12-19(25)21(3)17-8-6-5-7-9-17/h5-9,18H,4,10-15H2,1-3H3. The number of ether oxygens (including phenoxy) is 1. The van der Waals surface area contributed by atoms with Crippen LogP contribution >= 0.6 is 0 Å². The number of amides is 3. The normalized spacial score (nSPS) is 14.6. The second-order valence-corrected chi connectivity index (χ2v) is 6.67. The molecule has 1 aliphatic rings. The minimum atomic E-state index is -0.301. The lowest BCUT2D eigenvalue weighted by Crippen LogP contribution is -2.49. The number of rotatable bonds is 6. The van der Waals surface area contributed by atoms with Gasteiger partial charge in [0.15, 0.2) is 0 Å². The van der Waals surface area contributed by atoms with E-state index in [1.54, 1.807) is 28.7 Å². The summed E-state index contributed by atoms with van der Waals surface area (Å²) in [6.07, 6.45) is 1.36. The summed E-state index contributed by atoms with van der Waals surface area (Å²) < 4.78 is 5.03. The van der Waals surface area contributed by atoms with Crippen molar-refractivity contribution < 1.29 is 19.1 Å². The summed E-state index contributed by atoms with van der Waals surface area (Å²) in [4.78, 5) is 41.4. The van der Waals surface area contributed by atoms with Gasteiger partial charge in [0.1, 0.15) is 0 Å². The smallest absolute Gasteiger partial charge is 0.409 e. The molecule has 1 aliphatic heterocycles. The fourth-order valence-corrected chi connectivity index (χ4v) is 3.35. The number of piperidine rings is 1. The average molecular weight is 375 g/mol. The molecule has 0 atom stereocenters. The highest BCUT2D eigenvalue weighted by atomic mass is 16.6. The molecule has 0 saturated carbocycles. The SMILES string of the molecule is CCOC(=O)N1CCC(N(CCC(=O)N(C)c2ccccc2)C(C)=O)CC1. The van der Waals surface area contributed by atoms with Gasteiger partial charge in [-0.1, -0.05) is 18.2 Å². The second-order valence-electron chi connectivity index (χ2n) is 6.67. The number of carbonyl (C=O) groups is 3. The van der Waals surface area contributed by atoms with E-state index in [1.807, 2.05) is 30.3 Å². The first-order valence-corrected chi connectivity index (χ1v) is 9.44. The van der Waals surface area contributed by atoms with Crippen molar-refractivity contribution in [3.8, 4) is 0 Å². The van der Waals surface area contributed by atoms with Crippen LogP contribution in [-0.4, -0.2) is 67.0 Å². The number of hydrogen-bond acceptors (Lipinski definition) is 4. The van der Waals surface area contributed by atoms with Crippen molar-refractivity contribution in [2.75, 3.05) is 38.2 Å². The summed E-state index contributed by atoms with van der Waals surface area (Å²) in [7, 11) is 1.74. The Bertz CT molecular complexity index is 642. The van der Waals surface area contributed by atoms with Gasteiger partial charge in [0.25, 0.3) is 0 Å². The lowest BCUT2D eigenvalue weighted by Gasteiger charge is -2.37. The second kappa shape index (κ2) is 9.94. The number of likely N-dealkylation sites (tertiary alicyclic amines) is 1. The third kappa shape index (κ3) is 5.70. The van der Waals surface area contributed by atoms with Crippen LogP contribution in [0.1, 0.15) is 33.1 Å². The van der Waals surface area contributed by atoms with Crippen molar-refractivity contribution in [3.05, 3.63) is 30.3 Å². The highest BCUT2D eigenvalue weighted by Gasteiger charge is 2.29. The van der Waals surface area contributed by atoms with E-state index >= 15 is 0 Å². The van der Waals surface area contributed by atoms with Crippen LogP contribution in [0.5, 0.6) is 0 Å². The molecule has 0 aliphatic carbocycles. The predicted molar refractivity (Wildman–Crippen MR) is 103 cm³/mol. The first-order chi connectivity index (χ1) is 12.9. The molecule has 1 fully saturated rings. The number of carbonyl (C=O) groups excluding carboxylic acids is 3. The topological polar surface area (TPSA) is 70.2 Å². The Balaban J connectivity index is 1.88. The van der Waals surface area contributed by atoms with Gasteiger partial charge in [-0.3, -0.25) is 9.59 Å². The molecular weight excluding hydrogens is 346 g/mol. The zero-order valence-corrected chi connectivity index (χ0v) is 16.4. The maximum atomic E-state index is 12.5. The van der Waals surface area contributed by atoms with E-state index in [9.17, 15) is 14.4 Å². The van der Waals surface area contributed by atoms with Crippen LogP contribution in [0.25, 0.3) is 0 Å². The molecule has 0 radical (unpaired) electrons. The van der Waals surface area contributed by atoms with Gasteiger partial charge in [0, 0.05) is 51.8 Å². The molecule has 1 aromatic rings. The Morgan fingerprint density at radius 1 is 1.15 bits per heavy atom. The summed E-state index contributed by atoms with van der Waals surface area (Å²) in [5.74, 6) is -0.0730. The van der Waals surface area contributed by atoms with Crippen LogP contribution in [0.3, 0.4) is 0 Å². The minimum absolute atomic E-state index is 0.0311. The highest BCUT2D eigenvalue weighted by Crippen LogP contribution is 2.19. The van der Waals surface area contributed by atoms with Crippen LogP contribution < -0.4 is 4.90 Å². The van der Waals surface area contributed by atoms with Crippen molar-refractivity contribution in [2.45, 2.75) is 39.2 Å². The van der Waals surface area contributed by atoms with Gasteiger partial charge in [0.05, 0.1) is 6.61 Å². The predicted octanol–water partition coefficient (Wildman–Crippen LogP) is 2.51. The lowest BCUT2D eigenvalue weighted by molar-refractivity contribution is -0.132. The molecule has 148 valence electrons. The molecule has 0 unspecified atom stereocenters. The molecule has 1 heterocycles. The van der Waals surface area contributed by atoms with Crippen LogP contribution in [0.4, 0.5) is 10.5 Å². The highest BCUT2D eigenvalue weighted by molar-refractivity contribution is 5.93. The number of anilines is 1. The van der Waals surface area contributed by atoms with E-state index in [0.29, 0.717) is 39.1 Å². The van der Waals surface area contributed by atoms with Gasteiger partial charge in [-0.25, -0.2) is 4.79 Å². The van der Waals surface area contributed by atoms with Crippen LogP contribution in [0.2, 0.25) is 0 Å². The van der Waals surface area contributed by atoms with E-state index in [2.05, 4.69) is 0 Å². The van der Waals surface area contributed by atoms with Gasteiger partial charge in [-0.2, -0.15) is 0 Å². The number of para-hydroxylation sites is 1. The monoisotopic (exact) mass is 375 g/mol. The average Bonchev–Trinajstić information content (AvgIpc) is 2.68. The first-order valence-electron chi connectivity index (χ1n) is 9.44. The number of nitrogens with zero attached hydrogens (tertiary/aromatic N) is 3. The molecule has 0 aromatic heterocycles. The van der Waals surface area contributed by atoms with Crippen LogP contribution in [0.15, 0.2) is 30.3 Å². The molecule has 1 aromatic carbocycles. The quantitative estimate of drug-likeness (QED) is 0.766. The van der Waals surface area contributed by atoms with Crippen molar-refractivity contribution in [2.24, 2.45) is 0 Å². The molecule has 1 saturated heterocycles. The van der Waals surface area contributed by atoms with Crippen molar-refractivity contribution in [1.29, 1.82) is 0 Å². The summed E-state index contributed by atoms with van der Waals surface area (Å²) in [6.45, 7) is 5.18. The third-order valence-electron chi connectivity index (χ3n) is 4.92. The fourth-order valence-electron chi connectivity index (χ4n) is 3.35. The summed E-state index contributed by atoms with van der Waals surface area (Å²) >= 11 is 0. The Morgan fingerprint density at radius 3 is 2.33 bits per heavy atom. The molecule has 27 heavy (non-hydrogen) atoms. The molecule has 0 spiro atoms. The van der Waals surface area contributed by atoms with Crippen molar-refractivity contribution in [1.82, 2.24) is 9.80 Å². The van der Waals surface area contributed by atoms with E-state index < -0.39 is 0 Å². The molecule has 7 heteroatoms. The van der Waals surface area contributed by atoms with Gasteiger partial charge in [0.2, 0.25) is 11.8 Å². The molecule has 3 amide bonds. The van der Waals surface area contributed by atoms with Gasteiger partial charge in [-0.15, -0.1) is 0 Å². The lowest BCUT2D eigenvalue weighted by atomic mass is 10.0. The van der Waals surface area contributed by atoms with E-state index in [4.69, 9.17) is 4.74 Å². The summed E-state index contributed by atoms with van der Waals surface area (Å²) in [5, 5.41) is 0. The van der Waals surface area contributed by atoms with Gasteiger partial charge >= 0.3 is 6.09 Å². The Hall–Kier alpha value is -2.57. The third-order valence-corrected chi connectivity index (χ3v) is 4.92. The van der Waals surface area contributed by atoms with E-state index in [-0.39, 0.29) is 30.4 Å². The zero-order valence-electron chi connectivity index (χ0n) is 16.4. The molecule has 0 N–H and O–H groups in total. The molecule has 0 bridgehead atoms. The van der Waals surface area contributed by atoms with Gasteiger partial charge < -0.3 is 19.4 Å². The van der Waals surface area contributed by atoms with Gasteiger partial charge in [-0.05, 0) is 31.9 Å². The van der Waals surface area contributed by atoms with E-state index in [1.165, 1.54) is 6.92 Å². The zero-order chi connectivity index (χ0) is 19.8. The number of benzene rings is 1. The van der Waals surface area contributed by atoms with Crippen molar-refractivity contribution >= 4 is 23.6 Å². The maximum absolute atomic E-state index is 12.5. The summed E-state index contributed by atoms with van der Waals surface area (Å²) in [6, 6.07) is 9.49. The first kappa shape index (κ1) is 20.7. The minimum Gasteiger partial charge on any atom is -0.450 e. The van der Waals surface area contributed by atoms with Crippen LogP contribution in [0, 0.1) is 0 Å². The largest absolute Gasteiger partial charge is 0.450 e. The fraction of sp³-hybridized carbons (Fsp3) is 0.550. The number of hydrogen-bond donors (Lipinski definition) is 0. The van der Waals surface area contributed by atoms with Crippen molar-refractivity contribution in [3.63, 3.8) is 0 Å². The maximum Gasteiger partial charge on any atom is 0.409 e. The Morgan fingerprint density at radius 2 is 1.78 bits per heavy atom. The van der Waals surface area contributed by atoms with Crippen LogP contribution in [-0.2, 0) is 14.3 Å². The molecule has 2 rings (SSSR count). The van der Waals surface area contributed by atoms with E-state index in [0.717, 1.165) is 5.69 Å². The molecule has 7 nitrogen and oxygen atoms in total. The summed E-state index contributed by atoms with van der Waals surface area (Å²) in [5.41, 5.74) is 0.833. The Kier molecular flexibility index (Phi) is 7.64. The molecular formula is C20H29N3O4. The Labute approximate surface area is 160 Å².